The number of nitrogens with one attached hydrogen (secondary N) is 1. The number of rotatable bonds is 6. The van der Waals surface area contributed by atoms with Crippen LogP contribution in [0.3, 0.4) is 0 Å². The fourth-order valence-electron chi connectivity index (χ4n) is 9.08. The van der Waals surface area contributed by atoms with E-state index in [1.165, 1.54) is 25.7 Å². The number of aliphatic hydroxyl groups excluding tert-OH is 2. The molecule has 6 heteroatoms. The van der Waals surface area contributed by atoms with Gasteiger partial charge in [0.1, 0.15) is 6.54 Å². The van der Waals surface area contributed by atoms with E-state index < -0.39 is 5.97 Å². The lowest BCUT2D eigenvalue weighted by Gasteiger charge is -2.62. The van der Waals surface area contributed by atoms with Crippen LogP contribution in [0.2, 0.25) is 0 Å². The molecule has 32 heavy (non-hydrogen) atoms. The molecular formula is C26H43NO5. The maximum atomic E-state index is 12.0. The Hall–Kier alpha value is -1.14. The van der Waals surface area contributed by atoms with Gasteiger partial charge in [0.25, 0.3) is 0 Å². The maximum absolute atomic E-state index is 12.0. The van der Waals surface area contributed by atoms with Gasteiger partial charge in [-0.1, -0.05) is 20.8 Å². The molecule has 4 fully saturated rings. The zero-order chi connectivity index (χ0) is 23.3. The Balaban J connectivity index is 1.43. The Bertz CT molecular complexity index is 727. The van der Waals surface area contributed by atoms with Gasteiger partial charge in [-0.25, -0.2) is 0 Å². The molecule has 0 saturated heterocycles. The van der Waals surface area contributed by atoms with E-state index in [0.29, 0.717) is 36.0 Å². The second-order valence-electron chi connectivity index (χ2n) is 12.1. The molecule has 4 rings (SSSR count). The minimum atomic E-state index is -1.01. The maximum Gasteiger partial charge on any atom is 0.322 e. The number of hydrogen-bond donors (Lipinski definition) is 4. The van der Waals surface area contributed by atoms with Gasteiger partial charge in [-0.05, 0) is 104 Å². The molecule has 182 valence electrons. The molecule has 4 N–H and O–H groups in total. The average molecular weight is 450 g/mol. The van der Waals surface area contributed by atoms with Gasteiger partial charge in [-0.3, -0.25) is 9.59 Å². The predicted octanol–water partition coefficient (Wildman–Crippen LogP) is 3.59. The summed E-state index contributed by atoms with van der Waals surface area (Å²) < 4.78 is 0. The van der Waals surface area contributed by atoms with Crippen molar-refractivity contribution in [2.45, 2.75) is 97.2 Å². The molecule has 4 saturated carbocycles. The molecule has 0 aromatic rings. The van der Waals surface area contributed by atoms with Gasteiger partial charge in [-0.15, -0.1) is 0 Å². The van der Waals surface area contributed by atoms with E-state index in [4.69, 9.17) is 5.11 Å². The van der Waals surface area contributed by atoms with Gasteiger partial charge < -0.3 is 20.6 Å². The quantitative estimate of drug-likeness (QED) is 0.496. The van der Waals surface area contributed by atoms with E-state index >= 15 is 0 Å². The van der Waals surface area contributed by atoms with E-state index in [9.17, 15) is 19.8 Å². The standard InChI is InChI=1S/C26H43NO5/c1-15(4-7-23(30)27-14-24(31)32)18-5-6-19-17-13-22(29)21-12-16(28)8-10-26(21,3)20(17)9-11-25(18,19)2/h15-22,28-29H,4-14H2,1-3H3,(H,27,30)(H,31,32)/t15?,16-,17+,18?,19+,20+,21+,22+,25-,26-/m1/s1. The lowest BCUT2D eigenvalue weighted by atomic mass is 9.44. The third kappa shape index (κ3) is 4.11. The smallest absolute Gasteiger partial charge is 0.322 e. The van der Waals surface area contributed by atoms with Crippen molar-refractivity contribution in [1.82, 2.24) is 5.32 Å². The number of hydrogen-bond acceptors (Lipinski definition) is 4. The second kappa shape index (κ2) is 8.90. The first-order chi connectivity index (χ1) is 15.1. The van der Waals surface area contributed by atoms with Crippen LogP contribution in [0.5, 0.6) is 0 Å². The van der Waals surface area contributed by atoms with E-state index in [2.05, 4.69) is 26.1 Å². The zero-order valence-electron chi connectivity index (χ0n) is 20.1. The van der Waals surface area contributed by atoms with Gasteiger partial charge in [0.05, 0.1) is 12.2 Å². The first-order valence-corrected chi connectivity index (χ1v) is 12.9. The van der Waals surface area contributed by atoms with Crippen molar-refractivity contribution < 1.29 is 24.9 Å². The SMILES string of the molecule is CC(CCC(=O)NCC(=O)O)C1CC[C@H]2[C@@H]3C[C@H](O)[C@@H]4C[C@H](O)CC[C@]4(C)[C@H]3CC[C@]12C. The van der Waals surface area contributed by atoms with E-state index in [-0.39, 0.29) is 41.4 Å². The number of fused-ring (bicyclic) bond motifs is 5. The number of carboxylic acid groups (broad SMARTS) is 1. The number of amides is 1. The van der Waals surface area contributed by atoms with Crippen LogP contribution in [0.1, 0.15) is 85.0 Å². The lowest BCUT2D eigenvalue weighted by Crippen LogP contribution is -2.58. The highest BCUT2D eigenvalue weighted by atomic mass is 16.4. The minimum absolute atomic E-state index is 0.148. The summed E-state index contributed by atoms with van der Waals surface area (Å²) in [6, 6.07) is 0. The van der Waals surface area contributed by atoms with Crippen LogP contribution in [-0.4, -0.2) is 45.9 Å². The van der Waals surface area contributed by atoms with Crippen molar-refractivity contribution in [3.8, 4) is 0 Å². The minimum Gasteiger partial charge on any atom is -0.480 e. The summed E-state index contributed by atoms with van der Waals surface area (Å²) in [7, 11) is 0. The lowest BCUT2D eigenvalue weighted by molar-refractivity contribution is -0.172. The number of carboxylic acids is 1. The highest BCUT2D eigenvalue weighted by molar-refractivity contribution is 5.81. The summed E-state index contributed by atoms with van der Waals surface area (Å²) in [6.45, 7) is 6.83. The normalized spacial score (nSPS) is 46.5. The van der Waals surface area contributed by atoms with Crippen LogP contribution in [-0.2, 0) is 9.59 Å². The zero-order valence-corrected chi connectivity index (χ0v) is 20.1. The van der Waals surface area contributed by atoms with Gasteiger partial charge in [0.2, 0.25) is 5.91 Å². The highest BCUT2D eigenvalue weighted by Crippen LogP contribution is 2.68. The Kier molecular flexibility index (Phi) is 6.68. The Morgan fingerprint density at radius 1 is 0.969 bits per heavy atom. The third-order valence-corrected chi connectivity index (χ3v) is 10.7. The molecule has 4 aliphatic carbocycles. The molecule has 1 amide bonds. The summed E-state index contributed by atoms with van der Waals surface area (Å²) in [5.74, 6) is 1.92. The monoisotopic (exact) mass is 449 g/mol. The highest BCUT2D eigenvalue weighted by Gasteiger charge is 2.62. The molecule has 0 radical (unpaired) electrons. The molecule has 0 aromatic heterocycles. The number of aliphatic carboxylic acids is 1. The Labute approximate surface area is 192 Å². The van der Waals surface area contributed by atoms with Crippen molar-refractivity contribution in [2.24, 2.45) is 46.3 Å². The van der Waals surface area contributed by atoms with Crippen LogP contribution in [0.25, 0.3) is 0 Å². The fourth-order valence-corrected chi connectivity index (χ4v) is 9.08. The summed E-state index contributed by atoms with van der Waals surface area (Å²) in [5.41, 5.74) is 0.407. The number of carbonyl (C=O) groups is 2. The fraction of sp³-hybridized carbons (Fsp3) is 0.923. The molecule has 2 unspecified atom stereocenters. The Morgan fingerprint density at radius 2 is 1.66 bits per heavy atom. The summed E-state index contributed by atoms with van der Waals surface area (Å²) in [4.78, 5) is 22.7. The molecule has 4 aliphatic rings. The predicted molar refractivity (Wildman–Crippen MR) is 122 cm³/mol. The van der Waals surface area contributed by atoms with Crippen molar-refractivity contribution in [3.63, 3.8) is 0 Å². The molecule has 0 aliphatic heterocycles. The molecule has 0 bridgehead atoms. The second-order valence-corrected chi connectivity index (χ2v) is 12.1. The molecule has 0 aromatic carbocycles. The first kappa shape index (κ1) is 24.0. The Morgan fingerprint density at radius 3 is 2.38 bits per heavy atom. The van der Waals surface area contributed by atoms with Crippen LogP contribution < -0.4 is 5.32 Å². The molecule has 0 heterocycles. The van der Waals surface area contributed by atoms with Crippen LogP contribution in [0.4, 0.5) is 0 Å². The molecule has 10 atom stereocenters. The molecular weight excluding hydrogens is 406 g/mol. The van der Waals surface area contributed by atoms with E-state index in [0.717, 1.165) is 32.1 Å². The molecule has 0 spiro atoms. The number of aliphatic hydroxyl groups is 2. The van der Waals surface area contributed by atoms with Crippen LogP contribution >= 0.6 is 0 Å². The average Bonchev–Trinajstić information content (AvgIpc) is 3.09. The summed E-state index contributed by atoms with van der Waals surface area (Å²) >= 11 is 0. The van der Waals surface area contributed by atoms with Crippen molar-refractivity contribution in [2.75, 3.05) is 6.54 Å². The van der Waals surface area contributed by atoms with E-state index in [1.807, 2.05) is 0 Å². The first-order valence-electron chi connectivity index (χ1n) is 12.9. The van der Waals surface area contributed by atoms with Gasteiger partial charge in [0.15, 0.2) is 0 Å². The molecule has 6 nitrogen and oxygen atoms in total. The van der Waals surface area contributed by atoms with Crippen LogP contribution in [0, 0.1) is 46.3 Å². The summed E-state index contributed by atoms with van der Waals surface area (Å²) in [5, 5.41) is 32.6. The van der Waals surface area contributed by atoms with Crippen molar-refractivity contribution in [1.29, 1.82) is 0 Å². The topological polar surface area (TPSA) is 107 Å². The van der Waals surface area contributed by atoms with Crippen molar-refractivity contribution in [3.05, 3.63) is 0 Å². The van der Waals surface area contributed by atoms with Gasteiger partial charge in [0, 0.05) is 6.42 Å². The summed E-state index contributed by atoms with van der Waals surface area (Å²) in [6.07, 6.45) is 9.03. The van der Waals surface area contributed by atoms with Gasteiger partial charge in [-0.2, -0.15) is 0 Å². The third-order valence-electron chi connectivity index (χ3n) is 10.7. The largest absolute Gasteiger partial charge is 0.480 e. The van der Waals surface area contributed by atoms with E-state index in [1.54, 1.807) is 0 Å². The van der Waals surface area contributed by atoms with Gasteiger partial charge >= 0.3 is 5.97 Å². The van der Waals surface area contributed by atoms with Crippen LogP contribution in [0.15, 0.2) is 0 Å². The van der Waals surface area contributed by atoms with Crippen molar-refractivity contribution >= 4 is 11.9 Å². The number of carbonyl (C=O) groups excluding carboxylic acids is 1.